The molecule has 1 heterocycles. The number of methoxy groups -OCH3 is 1. The standard InChI is InChI=1S/C22H22O3/c1-24-17-12-13-18-19(14-17)25-22(23)21(16-10-6-3-7-11-16)20(18)15-8-4-2-5-9-15/h2,4-5,8-9,12-14,16H,3,6-7,10-11H2,1H3. The first-order valence-corrected chi connectivity index (χ1v) is 8.98. The van der Waals surface area contributed by atoms with Crippen LogP contribution in [0.2, 0.25) is 0 Å². The first kappa shape index (κ1) is 15.9. The third-order valence-electron chi connectivity index (χ3n) is 5.23. The molecule has 1 fully saturated rings. The Bertz CT molecular complexity index is 935. The summed E-state index contributed by atoms with van der Waals surface area (Å²) < 4.78 is 11.0. The SMILES string of the molecule is COc1ccc2c(-c3ccccc3)c(C3CCCCC3)c(=O)oc2c1. The summed E-state index contributed by atoms with van der Waals surface area (Å²) in [5.74, 6) is 0.979. The predicted molar refractivity (Wildman–Crippen MR) is 100 cm³/mol. The van der Waals surface area contributed by atoms with Crippen molar-refractivity contribution in [3.05, 3.63) is 64.5 Å². The molecule has 1 aliphatic carbocycles. The normalized spacial score (nSPS) is 15.4. The molecule has 3 nitrogen and oxygen atoms in total. The van der Waals surface area contributed by atoms with Gasteiger partial charge in [-0.3, -0.25) is 0 Å². The van der Waals surface area contributed by atoms with E-state index in [-0.39, 0.29) is 11.5 Å². The molecule has 0 unspecified atom stereocenters. The third kappa shape index (κ3) is 2.95. The zero-order valence-corrected chi connectivity index (χ0v) is 14.5. The maximum Gasteiger partial charge on any atom is 0.340 e. The van der Waals surface area contributed by atoms with Gasteiger partial charge in [0.2, 0.25) is 0 Å². The molecule has 1 aliphatic rings. The highest BCUT2D eigenvalue weighted by molar-refractivity contribution is 5.95. The van der Waals surface area contributed by atoms with Gasteiger partial charge in [0.25, 0.3) is 0 Å². The monoisotopic (exact) mass is 334 g/mol. The van der Waals surface area contributed by atoms with Gasteiger partial charge < -0.3 is 9.15 Å². The number of hydrogen-bond acceptors (Lipinski definition) is 3. The van der Waals surface area contributed by atoms with Crippen molar-refractivity contribution >= 4 is 11.0 Å². The van der Waals surface area contributed by atoms with E-state index in [1.54, 1.807) is 13.2 Å². The minimum atomic E-state index is -0.202. The Morgan fingerprint density at radius 2 is 1.76 bits per heavy atom. The van der Waals surface area contributed by atoms with Gasteiger partial charge in [-0.2, -0.15) is 0 Å². The summed E-state index contributed by atoms with van der Waals surface area (Å²) in [6, 6.07) is 15.9. The van der Waals surface area contributed by atoms with Crippen molar-refractivity contribution in [3.63, 3.8) is 0 Å². The van der Waals surface area contributed by atoms with E-state index in [0.717, 1.165) is 34.9 Å². The van der Waals surface area contributed by atoms with Crippen LogP contribution in [0.25, 0.3) is 22.1 Å². The summed E-state index contributed by atoms with van der Waals surface area (Å²) in [7, 11) is 1.62. The van der Waals surface area contributed by atoms with E-state index in [1.165, 1.54) is 19.3 Å². The fourth-order valence-corrected chi connectivity index (χ4v) is 4.00. The van der Waals surface area contributed by atoms with Crippen LogP contribution < -0.4 is 10.4 Å². The van der Waals surface area contributed by atoms with Crippen LogP contribution >= 0.6 is 0 Å². The second-order valence-electron chi connectivity index (χ2n) is 6.74. The molecule has 0 spiro atoms. The van der Waals surface area contributed by atoms with Crippen molar-refractivity contribution in [2.75, 3.05) is 7.11 Å². The van der Waals surface area contributed by atoms with E-state index in [4.69, 9.17) is 9.15 Å². The van der Waals surface area contributed by atoms with Crippen LogP contribution in [0.3, 0.4) is 0 Å². The van der Waals surface area contributed by atoms with Gasteiger partial charge in [-0.25, -0.2) is 4.79 Å². The minimum Gasteiger partial charge on any atom is -0.497 e. The zero-order valence-electron chi connectivity index (χ0n) is 14.5. The molecule has 4 rings (SSSR count). The van der Waals surface area contributed by atoms with E-state index >= 15 is 0 Å². The molecule has 0 saturated heterocycles. The van der Waals surface area contributed by atoms with Crippen LogP contribution in [0.1, 0.15) is 43.6 Å². The summed E-state index contributed by atoms with van der Waals surface area (Å²) in [4.78, 5) is 12.9. The fraction of sp³-hybridized carbons (Fsp3) is 0.318. The van der Waals surface area contributed by atoms with Crippen molar-refractivity contribution in [2.45, 2.75) is 38.0 Å². The van der Waals surface area contributed by atoms with E-state index in [2.05, 4.69) is 12.1 Å². The van der Waals surface area contributed by atoms with E-state index in [9.17, 15) is 4.79 Å². The quantitative estimate of drug-likeness (QED) is 0.592. The average Bonchev–Trinajstić information content (AvgIpc) is 2.67. The molecule has 3 aromatic rings. The third-order valence-corrected chi connectivity index (χ3v) is 5.23. The van der Waals surface area contributed by atoms with Gasteiger partial charge in [0.05, 0.1) is 7.11 Å². The summed E-state index contributed by atoms with van der Waals surface area (Å²) in [6.07, 6.45) is 5.74. The van der Waals surface area contributed by atoms with Gasteiger partial charge >= 0.3 is 5.63 Å². The number of hydrogen-bond donors (Lipinski definition) is 0. The van der Waals surface area contributed by atoms with Gasteiger partial charge in [0.15, 0.2) is 0 Å². The smallest absolute Gasteiger partial charge is 0.340 e. The number of ether oxygens (including phenoxy) is 1. The second kappa shape index (κ2) is 6.75. The lowest BCUT2D eigenvalue weighted by Gasteiger charge is -2.24. The number of fused-ring (bicyclic) bond motifs is 1. The molecule has 1 aromatic heterocycles. The fourth-order valence-electron chi connectivity index (χ4n) is 4.00. The summed E-state index contributed by atoms with van der Waals surface area (Å²) in [6.45, 7) is 0. The highest BCUT2D eigenvalue weighted by atomic mass is 16.5. The molecule has 0 aliphatic heterocycles. The average molecular weight is 334 g/mol. The molecule has 128 valence electrons. The lowest BCUT2D eigenvalue weighted by Crippen LogP contribution is -2.17. The summed E-state index contributed by atoms with van der Waals surface area (Å²) in [5, 5.41) is 0.979. The Hall–Kier alpha value is -2.55. The molecule has 0 atom stereocenters. The molecular formula is C22H22O3. The Labute approximate surface area is 147 Å². The number of benzene rings is 2. The van der Waals surface area contributed by atoms with Gasteiger partial charge in [-0.15, -0.1) is 0 Å². The van der Waals surface area contributed by atoms with Crippen molar-refractivity contribution < 1.29 is 9.15 Å². The van der Waals surface area contributed by atoms with Gasteiger partial charge in [0.1, 0.15) is 11.3 Å². The summed E-state index contributed by atoms with van der Waals surface area (Å²) in [5.41, 5.74) is 3.34. The Morgan fingerprint density at radius 1 is 1.00 bits per heavy atom. The van der Waals surface area contributed by atoms with Crippen molar-refractivity contribution in [3.8, 4) is 16.9 Å². The molecule has 0 N–H and O–H groups in total. The highest BCUT2D eigenvalue weighted by Gasteiger charge is 2.25. The lowest BCUT2D eigenvalue weighted by molar-refractivity contribution is 0.412. The molecule has 0 radical (unpaired) electrons. The molecule has 0 bridgehead atoms. The topological polar surface area (TPSA) is 39.4 Å². The maximum absolute atomic E-state index is 12.9. The van der Waals surface area contributed by atoms with Crippen LogP contribution in [0.5, 0.6) is 5.75 Å². The Balaban J connectivity index is 2.02. The van der Waals surface area contributed by atoms with E-state index in [0.29, 0.717) is 11.3 Å². The van der Waals surface area contributed by atoms with Gasteiger partial charge in [0, 0.05) is 22.6 Å². The summed E-state index contributed by atoms with van der Waals surface area (Å²) >= 11 is 0. The lowest BCUT2D eigenvalue weighted by atomic mass is 9.81. The van der Waals surface area contributed by atoms with Gasteiger partial charge in [-0.05, 0) is 36.5 Å². The van der Waals surface area contributed by atoms with Crippen molar-refractivity contribution in [1.82, 2.24) is 0 Å². The molecule has 0 amide bonds. The predicted octanol–water partition coefficient (Wildman–Crippen LogP) is 5.52. The molecule has 2 aromatic carbocycles. The first-order valence-electron chi connectivity index (χ1n) is 8.98. The van der Waals surface area contributed by atoms with Crippen LogP contribution in [0, 0.1) is 0 Å². The molecule has 1 saturated carbocycles. The van der Waals surface area contributed by atoms with Crippen molar-refractivity contribution in [2.24, 2.45) is 0 Å². The minimum absolute atomic E-state index is 0.202. The van der Waals surface area contributed by atoms with Crippen LogP contribution in [0.4, 0.5) is 0 Å². The van der Waals surface area contributed by atoms with Crippen molar-refractivity contribution in [1.29, 1.82) is 0 Å². The van der Waals surface area contributed by atoms with Crippen LogP contribution in [-0.4, -0.2) is 7.11 Å². The Morgan fingerprint density at radius 3 is 2.48 bits per heavy atom. The zero-order chi connectivity index (χ0) is 17.2. The second-order valence-corrected chi connectivity index (χ2v) is 6.74. The largest absolute Gasteiger partial charge is 0.497 e. The van der Waals surface area contributed by atoms with Gasteiger partial charge in [-0.1, -0.05) is 49.6 Å². The van der Waals surface area contributed by atoms with E-state index < -0.39 is 0 Å². The highest BCUT2D eigenvalue weighted by Crippen LogP contribution is 2.40. The van der Waals surface area contributed by atoms with Crippen LogP contribution in [-0.2, 0) is 0 Å². The molecular weight excluding hydrogens is 312 g/mol. The Kier molecular flexibility index (Phi) is 4.31. The number of rotatable bonds is 3. The first-order chi connectivity index (χ1) is 12.3. The van der Waals surface area contributed by atoms with Crippen LogP contribution in [0.15, 0.2) is 57.7 Å². The molecule has 3 heteroatoms. The molecule has 25 heavy (non-hydrogen) atoms. The maximum atomic E-state index is 12.9. The van der Waals surface area contributed by atoms with E-state index in [1.807, 2.05) is 30.3 Å².